The van der Waals surface area contributed by atoms with Crippen LogP contribution in [0.5, 0.6) is 0 Å². The molecule has 6 heteroatoms. The van der Waals surface area contributed by atoms with Gasteiger partial charge in [-0.1, -0.05) is 69.2 Å². The van der Waals surface area contributed by atoms with Gasteiger partial charge in [0.1, 0.15) is 0 Å². The fraction of sp³-hybridized carbons (Fsp3) is 0.543. The van der Waals surface area contributed by atoms with Gasteiger partial charge in [0.2, 0.25) is 0 Å². The summed E-state index contributed by atoms with van der Waals surface area (Å²) in [6.45, 7) is 26.2. The van der Waals surface area contributed by atoms with E-state index in [4.69, 9.17) is 25.8 Å². The highest BCUT2D eigenvalue weighted by molar-refractivity contribution is 5.75. The maximum Gasteiger partial charge on any atom is 0.153 e. The molecule has 0 saturated heterocycles. The summed E-state index contributed by atoms with van der Waals surface area (Å²) in [5, 5.41) is 4.91. The second-order valence-electron chi connectivity index (χ2n) is 14.1. The molecule has 0 aromatic carbocycles. The third-order valence-corrected chi connectivity index (χ3v) is 8.23. The average molecular weight is 557 g/mol. The summed E-state index contributed by atoms with van der Waals surface area (Å²) < 4.78 is 1.91. The maximum atomic E-state index is 6.26. The lowest BCUT2D eigenvalue weighted by molar-refractivity contribution is 0.498. The van der Waals surface area contributed by atoms with Crippen molar-refractivity contribution >= 4 is 12.0 Å². The molecule has 2 atom stereocenters. The van der Waals surface area contributed by atoms with Gasteiger partial charge in [-0.2, -0.15) is 5.10 Å². The summed E-state index contributed by atoms with van der Waals surface area (Å²) in [7, 11) is 0. The normalized spacial score (nSPS) is 15.0. The van der Waals surface area contributed by atoms with E-state index in [-0.39, 0.29) is 10.8 Å². The summed E-state index contributed by atoms with van der Waals surface area (Å²) in [6.07, 6.45) is 7.74. The quantitative estimate of drug-likeness (QED) is 0.267. The highest BCUT2D eigenvalue weighted by Gasteiger charge is 2.30. The standard InChI is InChI=1S/C35H52N6/c1-13-23(3)25-19-29(38-31(21-25)37-17-15-27(36)33(5,6)7)35(11,12)30-20-26(24(4)14-2)22-32(39-30)41-18-16-28(40-41)34(8,9)10/h15-24H,13-14,36H2,1-12H3. The Hall–Kier alpha value is -3.28. The number of rotatable bonds is 9. The third-order valence-electron chi connectivity index (χ3n) is 8.23. The average Bonchev–Trinajstić information content (AvgIpc) is 3.42. The summed E-state index contributed by atoms with van der Waals surface area (Å²) in [5.41, 5.74) is 11.9. The molecule has 3 aromatic heterocycles. The van der Waals surface area contributed by atoms with E-state index in [0.717, 1.165) is 41.4 Å². The molecule has 0 aliphatic heterocycles. The first-order valence-corrected chi connectivity index (χ1v) is 15.1. The van der Waals surface area contributed by atoms with E-state index in [1.54, 1.807) is 6.21 Å². The van der Waals surface area contributed by atoms with Crippen molar-refractivity contribution in [3.63, 3.8) is 0 Å². The molecule has 2 N–H and O–H groups in total. The van der Waals surface area contributed by atoms with Crippen LogP contribution >= 0.6 is 0 Å². The predicted molar refractivity (Wildman–Crippen MR) is 174 cm³/mol. The molecule has 0 spiro atoms. The number of nitrogens with zero attached hydrogens (tertiary/aromatic N) is 5. The number of aromatic nitrogens is 4. The Morgan fingerprint density at radius 3 is 1.93 bits per heavy atom. The Labute approximate surface area is 248 Å². The highest BCUT2D eigenvalue weighted by Crippen LogP contribution is 2.36. The predicted octanol–water partition coefficient (Wildman–Crippen LogP) is 8.90. The zero-order valence-corrected chi connectivity index (χ0v) is 27.5. The Kier molecular flexibility index (Phi) is 9.67. The van der Waals surface area contributed by atoms with Gasteiger partial charge in [0.05, 0.1) is 17.1 Å². The van der Waals surface area contributed by atoms with E-state index in [9.17, 15) is 0 Å². The monoisotopic (exact) mass is 556 g/mol. The van der Waals surface area contributed by atoms with Crippen LogP contribution in [0.2, 0.25) is 0 Å². The van der Waals surface area contributed by atoms with E-state index < -0.39 is 5.41 Å². The first-order chi connectivity index (χ1) is 19.0. The van der Waals surface area contributed by atoms with Crippen molar-refractivity contribution in [3.8, 4) is 5.82 Å². The molecule has 2 unspecified atom stereocenters. The first-order valence-electron chi connectivity index (χ1n) is 15.1. The Balaban J connectivity index is 2.17. The lowest BCUT2D eigenvalue weighted by Gasteiger charge is -2.27. The van der Waals surface area contributed by atoms with Gasteiger partial charge in [-0.15, -0.1) is 0 Å². The van der Waals surface area contributed by atoms with Gasteiger partial charge in [0, 0.05) is 34.4 Å². The molecule has 222 valence electrons. The molecule has 0 saturated carbocycles. The molecule has 0 bridgehead atoms. The van der Waals surface area contributed by atoms with Gasteiger partial charge in [-0.25, -0.2) is 19.6 Å². The van der Waals surface area contributed by atoms with Crippen LogP contribution in [0.25, 0.3) is 5.82 Å². The number of allylic oxidation sites excluding steroid dienone is 2. The highest BCUT2D eigenvalue weighted by atomic mass is 15.3. The van der Waals surface area contributed by atoms with Gasteiger partial charge in [0.25, 0.3) is 0 Å². The molecular formula is C35H52N6. The van der Waals surface area contributed by atoms with E-state index in [0.29, 0.717) is 17.7 Å². The van der Waals surface area contributed by atoms with Crippen LogP contribution in [0.15, 0.2) is 53.3 Å². The zero-order valence-electron chi connectivity index (χ0n) is 27.5. The fourth-order valence-electron chi connectivity index (χ4n) is 4.36. The largest absolute Gasteiger partial charge is 0.402 e. The number of aliphatic imine (C=N–C) groups is 1. The van der Waals surface area contributed by atoms with Crippen LogP contribution in [0.1, 0.15) is 136 Å². The summed E-state index contributed by atoms with van der Waals surface area (Å²) >= 11 is 0. The first kappa shape index (κ1) is 32.2. The smallest absolute Gasteiger partial charge is 0.153 e. The Morgan fingerprint density at radius 1 is 0.854 bits per heavy atom. The molecule has 0 amide bonds. The van der Waals surface area contributed by atoms with Crippen LogP contribution in [0, 0.1) is 5.41 Å². The topological polar surface area (TPSA) is 82.0 Å². The minimum absolute atomic E-state index is 0.0361. The minimum atomic E-state index is -0.466. The van der Waals surface area contributed by atoms with E-state index in [2.05, 4.69) is 113 Å². The maximum absolute atomic E-state index is 6.26. The number of nitrogens with two attached hydrogens (primary N) is 1. The zero-order chi connectivity index (χ0) is 30.8. The molecule has 3 heterocycles. The SMILES string of the molecule is CCC(C)c1cc(N=CC=C(N)C(C)(C)C)nc(C(C)(C)c2cc(C(C)CC)cc(-n3ccc(C(C)(C)C)n3)n2)c1. The number of hydrogen-bond acceptors (Lipinski definition) is 5. The van der Waals surface area contributed by atoms with Gasteiger partial charge < -0.3 is 5.73 Å². The molecule has 6 nitrogen and oxygen atoms in total. The van der Waals surface area contributed by atoms with Crippen molar-refractivity contribution in [1.29, 1.82) is 0 Å². The molecule has 41 heavy (non-hydrogen) atoms. The van der Waals surface area contributed by atoms with Gasteiger partial charge in [-0.3, -0.25) is 0 Å². The van der Waals surface area contributed by atoms with Crippen molar-refractivity contribution in [1.82, 2.24) is 19.7 Å². The van der Waals surface area contributed by atoms with Crippen LogP contribution in [0.4, 0.5) is 5.82 Å². The van der Waals surface area contributed by atoms with Crippen molar-refractivity contribution in [2.45, 2.75) is 119 Å². The van der Waals surface area contributed by atoms with Crippen molar-refractivity contribution in [3.05, 3.63) is 76.5 Å². The van der Waals surface area contributed by atoms with Crippen molar-refractivity contribution < 1.29 is 0 Å². The lowest BCUT2D eigenvalue weighted by Crippen LogP contribution is -2.24. The van der Waals surface area contributed by atoms with E-state index >= 15 is 0 Å². The lowest BCUT2D eigenvalue weighted by atomic mass is 9.81. The third kappa shape index (κ3) is 7.72. The Morgan fingerprint density at radius 2 is 1.41 bits per heavy atom. The molecule has 3 aromatic rings. The second kappa shape index (κ2) is 12.3. The van der Waals surface area contributed by atoms with E-state index in [1.807, 2.05) is 17.0 Å². The van der Waals surface area contributed by atoms with Crippen LogP contribution in [-0.4, -0.2) is 26.0 Å². The summed E-state index contributed by atoms with van der Waals surface area (Å²) in [4.78, 5) is 15.0. The van der Waals surface area contributed by atoms with Crippen LogP contribution in [-0.2, 0) is 10.8 Å². The minimum Gasteiger partial charge on any atom is -0.402 e. The number of pyridine rings is 2. The van der Waals surface area contributed by atoms with Crippen LogP contribution in [0.3, 0.4) is 0 Å². The molecule has 0 aliphatic rings. The Bertz CT molecular complexity index is 1390. The molecule has 0 fully saturated rings. The summed E-state index contributed by atoms with van der Waals surface area (Å²) in [6, 6.07) is 10.8. The fourth-order valence-corrected chi connectivity index (χ4v) is 4.36. The van der Waals surface area contributed by atoms with Crippen molar-refractivity contribution in [2.24, 2.45) is 16.1 Å². The van der Waals surface area contributed by atoms with Gasteiger partial charge >= 0.3 is 0 Å². The summed E-state index contributed by atoms with van der Waals surface area (Å²) in [5.74, 6) is 2.29. The van der Waals surface area contributed by atoms with Gasteiger partial charge in [0.15, 0.2) is 11.6 Å². The van der Waals surface area contributed by atoms with Crippen LogP contribution < -0.4 is 5.73 Å². The molecule has 0 radical (unpaired) electrons. The number of hydrogen-bond donors (Lipinski definition) is 1. The van der Waals surface area contributed by atoms with Crippen molar-refractivity contribution in [2.75, 3.05) is 0 Å². The molecule has 0 aliphatic carbocycles. The molecular weight excluding hydrogens is 504 g/mol. The molecule has 3 rings (SSSR count). The second-order valence-corrected chi connectivity index (χ2v) is 14.1. The van der Waals surface area contributed by atoms with Gasteiger partial charge in [-0.05, 0) is 86.1 Å². The van der Waals surface area contributed by atoms with E-state index in [1.165, 1.54) is 11.1 Å².